The summed E-state index contributed by atoms with van der Waals surface area (Å²) in [5.74, 6) is -3.49. The van der Waals surface area contributed by atoms with E-state index >= 15 is 0 Å². The van der Waals surface area contributed by atoms with E-state index in [1.54, 1.807) is 27.7 Å². The van der Waals surface area contributed by atoms with Crippen LogP contribution in [0, 0.1) is 11.8 Å². The van der Waals surface area contributed by atoms with Gasteiger partial charge in [0.1, 0.15) is 18.1 Å². The van der Waals surface area contributed by atoms with Crippen LogP contribution in [0.2, 0.25) is 0 Å². The van der Waals surface area contributed by atoms with Crippen LogP contribution in [-0.4, -0.2) is 64.5 Å². The lowest BCUT2D eigenvalue weighted by molar-refractivity contribution is -0.142. The number of hydrogen-bond donors (Lipinski definition) is 7. The Labute approximate surface area is 170 Å². The number of carbonyl (C=O) groups excluding carboxylic acids is 3. The van der Waals surface area contributed by atoms with Crippen molar-refractivity contribution in [3.05, 3.63) is 0 Å². The molecular formula is C16H30N4O5S2. The second-order valence-corrected chi connectivity index (χ2v) is 7.56. The first-order chi connectivity index (χ1) is 12.5. The van der Waals surface area contributed by atoms with E-state index in [0.29, 0.717) is 0 Å². The minimum atomic E-state index is -1.22. The summed E-state index contributed by atoms with van der Waals surface area (Å²) in [6.07, 6.45) is 0. The van der Waals surface area contributed by atoms with E-state index in [-0.39, 0.29) is 23.3 Å². The molecule has 11 heteroatoms. The van der Waals surface area contributed by atoms with E-state index < -0.39 is 47.9 Å². The summed E-state index contributed by atoms with van der Waals surface area (Å²) in [6, 6.07) is -3.92. The number of carbonyl (C=O) groups is 4. The van der Waals surface area contributed by atoms with Gasteiger partial charge in [-0.1, -0.05) is 27.7 Å². The molecule has 0 bridgehead atoms. The van der Waals surface area contributed by atoms with E-state index in [9.17, 15) is 19.2 Å². The van der Waals surface area contributed by atoms with Gasteiger partial charge in [-0.05, 0) is 11.8 Å². The zero-order valence-electron chi connectivity index (χ0n) is 15.9. The quantitative estimate of drug-likeness (QED) is 0.213. The molecule has 0 aromatic carbocycles. The molecule has 0 aliphatic heterocycles. The van der Waals surface area contributed by atoms with Crippen molar-refractivity contribution in [2.75, 3.05) is 11.5 Å². The number of thiol groups is 2. The maximum absolute atomic E-state index is 12.6. The summed E-state index contributed by atoms with van der Waals surface area (Å²) in [5, 5.41) is 16.5. The lowest BCUT2D eigenvalue weighted by Gasteiger charge is -2.28. The highest BCUT2D eigenvalue weighted by Gasteiger charge is 2.32. The molecule has 6 N–H and O–H groups in total. The molecule has 4 unspecified atom stereocenters. The predicted octanol–water partition coefficient (Wildman–Crippen LogP) is -0.976. The molecule has 156 valence electrons. The zero-order valence-corrected chi connectivity index (χ0v) is 17.7. The van der Waals surface area contributed by atoms with Crippen molar-refractivity contribution in [1.29, 1.82) is 0 Å². The summed E-state index contributed by atoms with van der Waals surface area (Å²) in [7, 11) is 0. The Hall–Kier alpha value is -1.46. The van der Waals surface area contributed by atoms with Gasteiger partial charge < -0.3 is 26.8 Å². The molecule has 0 saturated heterocycles. The topological polar surface area (TPSA) is 151 Å². The third kappa shape index (κ3) is 8.39. The van der Waals surface area contributed by atoms with E-state index in [4.69, 9.17) is 10.8 Å². The fraction of sp³-hybridized carbons (Fsp3) is 0.750. The summed E-state index contributed by atoms with van der Waals surface area (Å²) < 4.78 is 0. The molecule has 0 aliphatic carbocycles. The number of aliphatic carboxylic acids is 1. The number of nitrogens with one attached hydrogen (secondary N) is 3. The largest absolute Gasteiger partial charge is 0.480 e. The molecule has 0 spiro atoms. The second kappa shape index (κ2) is 12.1. The molecule has 0 fully saturated rings. The number of hydrogen-bond acceptors (Lipinski definition) is 7. The van der Waals surface area contributed by atoms with Crippen LogP contribution in [0.4, 0.5) is 0 Å². The van der Waals surface area contributed by atoms with Crippen LogP contribution in [0.5, 0.6) is 0 Å². The van der Waals surface area contributed by atoms with Crippen LogP contribution in [0.25, 0.3) is 0 Å². The van der Waals surface area contributed by atoms with Crippen LogP contribution in [0.1, 0.15) is 27.7 Å². The summed E-state index contributed by atoms with van der Waals surface area (Å²) >= 11 is 7.85. The molecular weight excluding hydrogens is 392 g/mol. The Kier molecular flexibility index (Phi) is 11.4. The smallest absolute Gasteiger partial charge is 0.327 e. The Balaban J connectivity index is 5.24. The number of rotatable bonds is 11. The first kappa shape index (κ1) is 25.5. The maximum Gasteiger partial charge on any atom is 0.327 e. The van der Waals surface area contributed by atoms with E-state index in [1.807, 2.05) is 0 Å². The average Bonchev–Trinajstić information content (AvgIpc) is 2.59. The Bertz CT molecular complexity index is 545. The lowest BCUT2D eigenvalue weighted by atomic mass is 9.99. The zero-order chi connectivity index (χ0) is 21.3. The first-order valence-corrected chi connectivity index (χ1v) is 9.83. The van der Waals surface area contributed by atoms with Gasteiger partial charge in [-0.2, -0.15) is 25.3 Å². The number of amides is 3. The minimum Gasteiger partial charge on any atom is -0.480 e. The molecule has 0 aliphatic rings. The maximum atomic E-state index is 12.6. The second-order valence-electron chi connectivity index (χ2n) is 6.83. The fourth-order valence-corrected chi connectivity index (χ4v) is 2.52. The van der Waals surface area contributed by atoms with Crippen LogP contribution in [0.3, 0.4) is 0 Å². The van der Waals surface area contributed by atoms with E-state index in [1.165, 1.54) is 0 Å². The number of carboxylic acids is 1. The van der Waals surface area contributed by atoms with Crippen molar-refractivity contribution in [2.45, 2.75) is 51.9 Å². The molecule has 0 aromatic heterocycles. The normalized spacial score (nSPS) is 15.6. The van der Waals surface area contributed by atoms with Crippen LogP contribution < -0.4 is 21.7 Å². The van der Waals surface area contributed by atoms with Gasteiger partial charge in [0.15, 0.2) is 0 Å². The Morgan fingerprint density at radius 3 is 1.56 bits per heavy atom. The monoisotopic (exact) mass is 422 g/mol. The van der Waals surface area contributed by atoms with Crippen molar-refractivity contribution in [1.82, 2.24) is 16.0 Å². The Morgan fingerprint density at radius 2 is 1.22 bits per heavy atom. The molecule has 4 atom stereocenters. The van der Waals surface area contributed by atoms with Crippen LogP contribution in [0.15, 0.2) is 0 Å². The van der Waals surface area contributed by atoms with Gasteiger partial charge in [0.2, 0.25) is 17.7 Å². The van der Waals surface area contributed by atoms with Crippen molar-refractivity contribution in [2.24, 2.45) is 17.6 Å². The van der Waals surface area contributed by atoms with Gasteiger partial charge in [0, 0.05) is 11.5 Å². The third-order valence-electron chi connectivity index (χ3n) is 3.82. The van der Waals surface area contributed by atoms with E-state index in [0.717, 1.165) is 0 Å². The van der Waals surface area contributed by atoms with E-state index in [2.05, 4.69) is 41.2 Å². The van der Waals surface area contributed by atoms with Gasteiger partial charge in [0.05, 0.1) is 6.04 Å². The SMILES string of the molecule is CC(C)C(NC(=O)C(N)CS)C(=O)NC(C(=O)NC(CS)C(=O)O)C(C)C. The molecule has 0 rings (SSSR count). The summed E-state index contributed by atoms with van der Waals surface area (Å²) in [4.78, 5) is 48.1. The average molecular weight is 423 g/mol. The summed E-state index contributed by atoms with van der Waals surface area (Å²) in [5.41, 5.74) is 5.61. The predicted molar refractivity (Wildman–Crippen MR) is 109 cm³/mol. The molecule has 27 heavy (non-hydrogen) atoms. The molecule has 3 amide bonds. The standard InChI is InChI=1S/C16H30N4O5S2/c1-7(2)11(14(22)18-10(6-27)16(24)25)20-15(23)12(8(3)4)19-13(21)9(17)5-26/h7-12,26-27H,5-6,17H2,1-4H3,(H,18,22)(H,19,21)(H,20,23)(H,24,25). The van der Waals surface area contributed by atoms with Crippen LogP contribution >= 0.6 is 25.3 Å². The highest BCUT2D eigenvalue weighted by Crippen LogP contribution is 2.07. The fourth-order valence-electron chi connectivity index (χ4n) is 2.10. The molecule has 0 radical (unpaired) electrons. The highest BCUT2D eigenvalue weighted by molar-refractivity contribution is 7.80. The molecule has 0 heterocycles. The van der Waals surface area contributed by atoms with Gasteiger partial charge in [0.25, 0.3) is 0 Å². The van der Waals surface area contributed by atoms with Crippen molar-refractivity contribution in [3.8, 4) is 0 Å². The molecule has 0 saturated carbocycles. The summed E-state index contributed by atoms with van der Waals surface area (Å²) in [6.45, 7) is 6.90. The third-order valence-corrected chi connectivity index (χ3v) is 4.58. The first-order valence-electron chi connectivity index (χ1n) is 8.57. The number of carboxylic acid groups (broad SMARTS) is 1. The molecule has 0 aromatic rings. The number of nitrogens with two attached hydrogens (primary N) is 1. The van der Waals surface area contributed by atoms with Crippen molar-refractivity contribution >= 4 is 48.9 Å². The van der Waals surface area contributed by atoms with Crippen molar-refractivity contribution < 1.29 is 24.3 Å². The minimum absolute atomic E-state index is 0.0911. The Morgan fingerprint density at radius 1 is 0.815 bits per heavy atom. The van der Waals surface area contributed by atoms with Gasteiger partial charge >= 0.3 is 5.97 Å². The highest BCUT2D eigenvalue weighted by atomic mass is 32.1. The molecule has 9 nitrogen and oxygen atoms in total. The van der Waals surface area contributed by atoms with Gasteiger partial charge in [-0.3, -0.25) is 14.4 Å². The van der Waals surface area contributed by atoms with Gasteiger partial charge in [-0.25, -0.2) is 4.79 Å². The van der Waals surface area contributed by atoms with Gasteiger partial charge in [-0.15, -0.1) is 0 Å². The lowest BCUT2D eigenvalue weighted by Crippen LogP contribution is -2.59. The van der Waals surface area contributed by atoms with Crippen molar-refractivity contribution in [3.63, 3.8) is 0 Å². The van der Waals surface area contributed by atoms with Crippen LogP contribution in [-0.2, 0) is 19.2 Å².